The Balaban J connectivity index is 2.15. The lowest BCUT2D eigenvalue weighted by molar-refractivity contribution is -0.145. The second kappa shape index (κ2) is 5.52. The number of hydrogen-bond acceptors (Lipinski definition) is 3. The van der Waals surface area contributed by atoms with Crippen LogP contribution in [0.25, 0.3) is 0 Å². The van der Waals surface area contributed by atoms with E-state index in [1.54, 1.807) is 12.1 Å². The summed E-state index contributed by atoms with van der Waals surface area (Å²) < 4.78 is 0. The van der Waals surface area contributed by atoms with E-state index in [0.29, 0.717) is 17.7 Å². The van der Waals surface area contributed by atoms with E-state index in [4.69, 9.17) is 0 Å². The Morgan fingerprint density at radius 1 is 1.22 bits per heavy atom. The van der Waals surface area contributed by atoms with Gasteiger partial charge in [0.05, 0.1) is 4.88 Å². The molecule has 1 aromatic rings. The lowest BCUT2D eigenvalue weighted by atomic mass is 9.90. The van der Waals surface area contributed by atoms with Crippen molar-refractivity contribution < 1.29 is 14.7 Å². The van der Waals surface area contributed by atoms with Gasteiger partial charge in [0, 0.05) is 0 Å². The molecule has 0 saturated heterocycles. The van der Waals surface area contributed by atoms with Gasteiger partial charge in [-0.3, -0.25) is 4.79 Å². The number of rotatable bonds is 3. The smallest absolute Gasteiger partial charge is 0.329 e. The monoisotopic (exact) mass is 267 g/mol. The molecule has 2 rings (SSSR count). The van der Waals surface area contributed by atoms with Crippen LogP contribution in [0.15, 0.2) is 17.5 Å². The highest BCUT2D eigenvalue weighted by Gasteiger charge is 2.40. The molecule has 4 nitrogen and oxygen atoms in total. The zero-order valence-corrected chi connectivity index (χ0v) is 11.0. The van der Waals surface area contributed by atoms with E-state index in [1.807, 2.05) is 5.38 Å². The van der Waals surface area contributed by atoms with E-state index < -0.39 is 11.5 Å². The van der Waals surface area contributed by atoms with Crippen molar-refractivity contribution in [2.24, 2.45) is 0 Å². The van der Waals surface area contributed by atoms with Gasteiger partial charge in [-0.25, -0.2) is 4.79 Å². The van der Waals surface area contributed by atoms with Crippen LogP contribution in [0.2, 0.25) is 0 Å². The Morgan fingerprint density at radius 3 is 2.39 bits per heavy atom. The van der Waals surface area contributed by atoms with Crippen molar-refractivity contribution >= 4 is 23.2 Å². The molecule has 1 fully saturated rings. The first-order valence-electron chi connectivity index (χ1n) is 6.23. The molecular weight excluding hydrogens is 250 g/mol. The molecule has 1 aliphatic rings. The van der Waals surface area contributed by atoms with E-state index in [9.17, 15) is 14.7 Å². The fraction of sp³-hybridized carbons (Fsp3) is 0.538. The summed E-state index contributed by atoms with van der Waals surface area (Å²) in [4.78, 5) is 24.1. The summed E-state index contributed by atoms with van der Waals surface area (Å²) in [5, 5.41) is 14.0. The summed E-state index contributed by atoms with van der Waals surface area (Å²) in [6.07, 6.45) is 4.86. The quantitative estimate of drug-likeness (QED) is 0.827. The second-order valence-corrected chi connectivity index (χ2v) is 5.68. The van der Waals surface area contributed by atoms with Gasteiger partial charge in [0.2, 0.25) is 0 Å². The van der Waals surface area contributed by atoms with E-state index >= 15 is 0 Å². The fourth-order valence-electron chi connectivity index (χ4n) is 2.41. The van der Waals surface area contributed by atoms with Crippen LogP contribution >= 0.6 is 11.3 Å². The van der Waals surface area contributed by atoms with Crippen LogP contribution in [-0.2, 0) is 4.79 Å². The molecule has 2 N–H and O–H groups in total. The summed E-state index contributed by atoms with van der Waals surface area (Å²) in [6, 6.07) is 3.51. The van der Waals surface area contributed by atoms with Gasteiger partial charge in [-0.05, 0) is 24.3 Å². The molecule has 5 heteroatoms. The average Bonchev–Trinajstić information content (AvgIpc) is 2.77. The van der Waals surface area contributed by atoms with Crippen LogP contribution < -0.4 is 5.32 Å². The van der Waals surface area contributed by atoms with E-state index in [0.717, 1.165) is 25.7 Å². The van der Waals surface area contributed by atoms with E-state index in [1.165, 1.54) is 11.3 Å². The summed E-state index contributed by atoms with van der Waals surface area (Å²) in [5.74, 6) is -1.18. The van der Waals surface area contributed by atoms with Crippen LogP contribution in [0.5, 0.6) is 0 Å². The number of carbonyl (C=O) groups excluding carboxylic acids is 1. The van der Waals surface area contributed by atoms with E-state index in [2.05, 4.69) is 5.32 Å². The van der Waals surface area contributed by atoms with Crippen molar-refractivity contribution in [1.29, 1.82) is 0 Å². The molecule has 0 aliphatic heterocycles. The first kappa shape index (κ1) is 13.1. The largest absolute Gasteiger partial charge is 0.480 e. The Bertz CT molecular complexity index is 419. The van der Waals surface area contributed by atoms with Gasteiger partial charge < -0.3 is 10.4 Å². The first-order valence-corrected chi connectivity index (χ1v) is 7.11. The minimum absolute atomic E-state index is 0.269. The van der Waals surface area contributed by atoms with Crippen LogP contribution in [0, 0.1) is 0 Å². The number of amides is 1. The van der Waals surface area contributed by atoms with Crippen LogP contribution in [0.3, 0.4) is 0 Å². The third-order valence-corrected chi connectivity index (χ3v) is 4.33. The van der Waals surface area contributed by atoms with Crippen molar-refractivity contribution in [3.8, 4) is 0 Å². The van der Waals surface area contributed by atoms with Crippen molar-refractivity contribution in [3.63, 3.8) is 0 Å². The van der Waals surface area contributed by atoms with Gasteiger partial charge in [-0.2, -0.15) is 0 Å². The van der Waals surface area contributed by atoms with Crippen LogP contribution in [0.1, 0.15) is 48.2 Å². The minimum Gasteiger partial charge on any atom is -0.480 e. The fourth-order valence-corrected chi connectivity index (χ4v) is 3.03. The maximum Gasteiger partial charge on any atom is 0.329 e. The SMILES string of the molecule is O=C(NC1(C(=O)O)CCCCCC1)c1cccs1. The van der Waals surface area contributed by atoms with Gasteiger partial charge in [-0.15, -0.1) is 11.3 Å². The van der Waals surface area contributed by atoms with Crippen molar-refractivity contribution in [2.45, 2.75) is 44.1 Å². The van der Waals surface area contributed by atoms with Gasteiger partial charge in [0.15, 0.2) is 0 Å². The van der Waals surface area contributed by atoms with Crippen molar-refractivity contribution in [3.05, 3.63) is 22.4 Å². The lowest BCUT2D eigenvalue weighted by Gasteiger charge is -2.29. The molecule has 1 saturated carbocycles. The first-order chi connectivity index (χ1) is 8.64. The Morgan fingerprint density at radius 2 is 1.89 bits per heavy atom. The summed E-state index contributed by atoms with van der Waals surface area (Å²) in [7, 11) is 0. The Labute approximate surface area is 110 Å². The second-order valence-electron chi connectivity index (χ2n) is 4.73. The number of hydrogen-bond donors (Lipinski definition) is 2. The molecule has 18 heavy (non-hydrogen) atoms. The number of carbonyl (C=O) groups is 2. The van der Waals surface area contributed by atoms with Gasteiger partial charge in [-0.1, -0.05) is 31.7 Å². The molecule has 0 bridgehead atoms. The predicted octanol–water partition coefficient (Wildman–Crippen LogP) is 2.66. The zero-order valence-electron chi connectivity index (χ0n) is 10.1. The standard InChI is InChI=1S/C13H17NO3S/c15-11(10-6-5-9-18-10)14-13(12(16)17)7-3-1-2-4-8-13/h5-6,9H,1-4,7-8H2,(H,14,15)(H,16,17). The molecule has 1 amide bonds. The topological polar surface area (TPSA) is 66.4 Å². The molecule has 0 atom stereocenters. The molecule has 98 valence electrons. The number of thiophene rings is 1. The third kappa shape index (κ3) is 2.72. The Kier molecular flexibility index (Phi) is 4.01. The summed E-state index contributed by atoms with van der Waals surface area (Å²) in [5.41, 5.74) is -1.07. The summed E-state index contributed by atoms with van der Waals surface area (Å²) in [6.45, 7) is 0. The Hall–Kier alpha value is -1.36. The molecular formula is C13H17NO3S. The zero-order chi connectivity index (χ0) is 13.0. The highest BCUT2D eigenvalue weighted by molar-refractivity contribution is 7.12. The molecule has 1 aromatic heterocycles. The molecule has 0 aromatic carbocycles. The van der Waals surface area contributed by atoms with Gasteiger partial charge >= 0.3 is 5.97 Å². The molecule has 0 radical (unpaired) electrons. The predicted molar refractivity (Wildman–Crippen MR) is 69.9 cm³/mol. The maximum atomic E-state index is 12.0. The summed E-state index contributed by atoms with van der Waals surface area (Å²) >= 11 is 1.33. The highest BCUT2D eigenvalue weighted by Crippen LogP contribution is 2.28. The van der Waals surface area contributed by atoms with Crippen LogP contribution in [-0.4, -0.2) is 22.5 Å². The third-order valence-electron chi connectivity index (χ3n) is 3.46. The van der Waals surface area contributed by atoms with Gasteiger partial charge in [0.25, 0.3) is 5.91 Å². The molecule has 1 heterocycles. The molecule has 1 aliphatic carbocycles. The highest BCUT2D eigenvalue weighted by atomic mass is 32.1. The van der Waals surface area contributed by atoms with E-state index in [-0.39, 0.29) is 5.91 Å². The minimum atomic E-state index is -1.07. The maximum absolute atomic E-state index is 12.0. The van der Waals surface area contributed by atoms with Crippen molar-refractivity contribution in [1.82, 2.24) is 5.32 Å². The van der Waals surface area contributed by atoms with Crippen molar-refractivity contribution in [2.75, 3.05) is 0 Å². The van der Waals surface area contributed by atoms with Gasteiger partial charge in [0.1, 0.15) is 5.54 Å². The molecule has 0 unspecified atom stereocenters. The number of aliphatic carboxylic acids is 1. The number of carboxylic acids is 1. The normalized spacial score (nSPS) is 18.9. The van der Waals surface area contributed by atoms with Crippen LogP contribution in [0.4, 0.5) is 0 Å². The lowest BCUT2D eigenvalue weighted by Crippen LogP contribution is -2.54. The average molecular weight is 267 g/mol. The number of carboxylic acid groups (broad SMARTS) is 1. The molecule has 0 spiro atoms. The number of nitrogens with one attached hydrogen (secondary N) is 1.